The molecule has 0 unspecified atom stereocenters. The van der Waals surface area contributed by atoms with E-state index >= 15 is 0 Å². The minimum Gasteiger partial charge on any atom is -0.398 e. The Balaban J connectivity index is 2.10. The number of fused-ring (bicyclic) bond motifs is 1. The van der Waals surface area contributed by atoms with Crippen LogP contribution in [0.4, 0.5) is 15.8 Å². The van der Waals surface area contributed by atoms with E-state index in [0.29, 0.717) is 23.4 Å². The third kappa shape index (κ3) is 2.18. The third-order valence-electron chi connectivity index (χ3n) is 3.12. The molecule has 4 nitrogen and oxygen atoms in total. The molecule has 0 saturated carbocycles. The van der Waals surface area contributed by atoms with Gasteiger partial charge in [-0.1, -0.05) is 0 Å². The second kappa shape index (κ2) is 5.05. The second-order valence-corrected chi connectivity index (χ2v) is 5.25. The highest BCUT2D eigenvalue weighted by Crippen LogP contribution is 2.32. The third-order valence-corrected chi connectivity index (χ3v) is 3.75. The summed E-state index contributed by atoms with van der Waals surface area (Å²) in [7, 11) is 1.82. The molecule has 0 aliphatic carbocycles. The van der Waals surface area contributed by atoms with Crippen molar-refractivity contribution in [2.75, 3.05) is 17.7 Å². The van der Waals surface area contributed by atoms with Crippen LogP contribution in [0.3, 0.4) is 0 Å². The van der Waals surface area contributed by atoms with Crippen molar-refractivity contribution in [1.82, 2.24) is 9.97 Å². The minimum atomic E-state index is -0.369. The molecule has 3 aromatic rings. The van der Waals surface area contributed by atoms with Crippen molar-refractivity contribution in [2.24, 2.45) is 0 Å². The van der Waals surface area contributed by atoms with Crippen molar-refractivity contribution >= 4 is 33.6 Å². The average molecular weight is 288 g/mol. The molecule has 0 atom stereocenters. The number of anilines is 2. The van der Waals surface area contributed by atoms with Gasteiger partial charge in [-0.05, 0) is 18.2 Å². The number of aromatic nitrogens is 2. The maximum absolute atomic E-state index is 14.3. The SMILES string of the molecule is CN(Cc1cscn1)c1c(F)cc(N)c2cccnc12. The van der Waals surface area contributed by atoms with Crippen LogP contribution in [-0.2, 0) is 6.54 Å². The lowest BCUT2D eigenvalue weighted by molar-refractivity contribution is 0.624. The van der Waals surface area contributed by atoms with Gasteiger partial charge in [-0.15, -0.1) is 11.3 Å². The molecule has 20 heavy (non-hydrogen) atoms. The molecule has 0 amide bonds. The average Bonchev–Trinajstić information content (AvgIpc) is 2.91. The predicted molar refractivity (Wildman–Crippen MR) is 80.3 cm³/mol. The Hall–Kier alpha value is -2.21. The zero-order valence-corrected chi connectivity index (χ0v) is 11.7. The summed E-state index contributed by atoms with van der Waals surface area (Å²) in [4.78, 5) is 10.3. The molecule has 2 heterocycles. The lowest BCUT2D eigenvalue weighted by Gasteiger charge is -2.21. The van der Waals surface area contributed by atoms with E-state index in [1.807, 2.05) is 18.5 Å². The van der Waals surface area contributed by atoms with E-state index < -0.39 is 0 Å². The summed E-state index contributed by atoms with van der Waals surface area (Å²) in [6, 6.07) is 4.98. The minimum absolute atomic E-state index is 0.369. The molecule has 0 bridgehead atoms. The molecule has 0 fully saturated rings. The van der Waals surface area contributed by atoms with Crippen LogP contribution in [0.2, 0.25) is 0 Å². The number of hydrogen-bond donors (Lipinski definition) is 1. The van der Waals surface area contributed by atoms with Crippen LogP contribution < -0.4 is 10.6 Å². The topological polar surface area (TPSA) is 55.0 Å². The van der Waals surface area contributed by atoms with Crippen molar-refractivity contribution in [2.45, 2.75) is 6.54 Å². The van der Waals surface area contributed by atoms with Gasteiger partial charge in [0.2, 0.25) is 0 Å². The van der Waals surface area contributed by atoms with Gasteiger partial charge >= 0.3 is 0 Å². The highest BCUT2D eigenvalue weighted by atomic mass is 32.1. The molecular formula is C14H13FN4S. The fourth-order valence-electron chi connectivity index (χ4n) is 2.22. The summed E-state index contributed by atoms with van der Waals surface area (Å²) in [5.74, 6) is -0.369. The highest BCUT2D eigenvalue weighted by Gasteiger charge is 2.16. The van der Waals surface area contributed by atoms with Crippen LogP contribution in [0.15, 0.2) is 35.3 Å². The van der Waals surface area contributed by atoms with E-state index in [-0.39, 0.29) is 5.82 Å². The molecule has 2 N–H and O–H groups in total. The van der Waals surface area contributed by atoms with Gasteiger partial charge in [0.25, 0.3) is 0 Å². The molecule has 1 aromatic carbocycles. The fourth-order valence-corrected chi connectivity index (χ4v) is 2.77. The molecule has 2 aromatic heterocycles. The second-order valence-electron chi connectivity index (χ2n) is 4.53. The molecule has 0 radical (unpaired) electrons. The number of hydrogen-bond acceptors (Lipinski definition) is 5. The number of rotatable bonds is 3. The summed E-state index contributed by atoms with van der Waals surface area (Å²) >= 11 is 1.52. The van der Waals surface area contributed by atoms with Gasteiger partial charge in [-0.2, -0.15) is 0 Å². The molecule has 102 valence electrons. The van der Waals surface area contributed by atoms with Crippen LogP contribution in [0.1, 0.15) is 5.69 Å². The lowest BCUT2D eigenvalue weighted by Crippen LogP contribution is -2.19. The van der Waals surface area contributed by atoms with Crippen LogP contribution in [0.25, 0.3) is 10.9 Å². The first-order valence-corrected chi connectivity index (χ1v) is 7.02. The van der Waals surface area contributed by atoms with Crippen molar-refractivity contribution < 1.29 is 4.39 Å². The number of halogens is 1. The van der Waals surface area contributed by atoms with E-state index in [4.69, 9.17) is 5.73 Å². The smallest absolute Gasteiger partial charge is 0.150 e. The number of nitrogens with zero attached hydrogens (tertiary/aromatic N) is 3. The van der Waals surface area contributed by atoms with Gasteiger partial charge in [-0.25, -0.2) is 9.37 Å². The predicted octanol–water partition coefficient (Wildman–Crippen LogP) is 3.05. The summed E-state index contributed by atoms with van der Waals surface area (Å²) in [5.41, 5.74) is 9.93. The maximum Gasteiger partial charge on any atom is 0.150 e. The first kappa shape index (κ1) is 12.8. The Bertz CT molecular complexity index is 742. The van der Waals surface area contributed by atoms with Gasteiger partial charge in [0.05, 0.1) is 29.0 Å². The van der Waals surface area contributed by atoms with Crippen molar-refractivity contribution in [3.8, 4) is 0 Å². The van der Waals surface area contributed by atoms with Crippen molar-refractivity contribution in [1.29, 1.82) is 0 Å². The highest BCUT2D eigenvalue weighted by molar-refractivity contribution is 7.07. The summed E-state index contributed by atoms with van der Waals surface area (Å²) in [6.07, 6.45) is 1.64. The Labute approximate surface area is 119 Å². The molecule has 0 saturated heterocycles. The quantitative estimate of drug-likeness (QED) is 0.753. The number of nitrogens with two attached hydrogens (primary N) is 1. The molecule has 0 aliphatic heterocycles. The maximum atomic E-state index is 14.3. The fraction of sp³-hybridized carbons (Fsp3) is 0.143. The number of thiazole rings is 1. The Kier molecular flexibility index (Phi) is 3.23. The molecule has 3 rings (SSSR count). The van der Waals surface area contributed by atoms with E-state index in [1.54, 1.807) is 22.7 Å². The zero-order valence-electron chi connectivity index (χ0n) is 10.9. The molecule has 0 aliphatic rings. The van der Waals surface area contributed by atoms with E-state index in [0.717, 1.165) is 11.1 Å². The van der Waals surface area contributed by atoms with Gasteiger partial charge in [0, 0.05) is 29.7 Å². The van der Waals surface area contributed by atoms with Crippen LogP contribution in [-0.4, -0.2) is 17.0 Å². The normalized spacial score (nSPS) is 10.9. The Morgan fingerprint density at radius 2 is 2.25 bits per heavy atom. The summed E-state index contributed by atoms with van der Waals surface area (Å²) < 4.78 is 14.3. The lowest BCUT2D eigenvalue weighted by atomic mass is 10.1. The zero-order chi connectivity index (χ0) is 14.1. The van der Waals surface area contributed by atoms with Gasteiger partial charge < -0.3 is 10.6 Å². The van der Waals surface area contributed by atoms with E-state index in [2.05, 4.69) is 9.97 Å². The van der Waals surface area contributed by atoms with Gasteiger partial charge in [0.1, 0.15) is 0 Å². The monoisotopic (exact) mass is 288 g/mol. The Morgan fingerprint density at radius 3 is 3.00 bits per heavy atom. The molecular weight excluding hydrogens is 275 g/mol. The first-order chi connectivity index (χ1) is 9.66. The van der Waals surface area contributed by atoms with Crippen LogP contribution >= 0.6 is 11.3 Å². The van der Waals surface area contributed by atoms with E-state index in [9.17, 15) is 4.39 Å². The number of nitrogen functional groups attached to an aromatic ring is 1. The van der Waals surface area contributed by atoms with E-state index in [1.165, 1.54) is 17.4 Å². The van der Waals surface area contributed by atoms with Crippen molar-refractivity contribution in [3.63, 3.8) is 0 Å². The van der Waals surface area contributed by atoms with Crippen LogP contribution in [0, 0.1) is 5.82 Å². The van der Waals surface area contributed by atoms with Crippen LogP contribution in [0.5, 0.6) is 0 Å². The Morgan fingerprint density at radius 1 is 1.40 bits per heavy atom. The number of pyridine rings is 1. The van der Waals surface area contributed by atoms with Crippen molar-refractivity contribution in [3.05, 3.63) is 46.8 Å². The molecule has 6 heteroatoms. The largest absolute Gasteiger partial charge is 0.398 e. The molecule has 0 spiro atoms. The first-order valence-electron chi connectivity index (χ1n) is 6.07. The van der Waals surface area contributed by atoms with Gasteiger partial charge in [0.15, 0.2) is 5.82 Å². The summed E-state index contributed by atoms with van der Waals surface area (Å²) in [6.45, 7) is 0.524. The summed E-state index contributed by atoms with van der Waals surface area (Å²) in [5, 5.41) is 2.70. The standard InChI is InChI=1S/C14H13FN4S/c1-19(6-9-7-20-8-18-9)14-11(15)5-12(16)10-3-2-4-17-13(10)14/h2-5,7-8H,6,16H2,1H3. The number of benzene rings is 1. The van der Waals surface area contributed by atoms with Gasteiger partial charge in [-0.3, -0.25) is 4.98 Å².